The average Bonchev–Trinajstić information content (AvgIpc) is 3.45. The van der Waals surface area contributed by atoms with Crippen molar-refractivity contribution in [2.24, 2.45) is 0 Å². The first-order chi connectivity index (χ1) is 26.1. The van der Waals surface area contributed by atoms with Gasteiger partial charge in [-0.25, -0.2) is 0 Å². The molecule has 0 spiro atoms. The lowest BCUT2D eigenvalue weighted by Gasteiger charge is -2.07. The number of hydrogen-bond donors (Lipinski definition) is 2. The van der Waals surface area contributed by atoms with Gasteiger partial charge in [0.15, 0.2) is 0 Å². The van der Waals surface area contributed by atoms with Crippen molar-refractivity contribution in [3.05, 3.63) is 69.0 Å². The lowest BCUT2D eigenvalue weighted by molar-refractivity contribution is 0.154. The first-order valence-electron chi connectivity index (χ1n) is 21.7. The molecule has 53 heavy (non-hydrogen) atoms. The van der Waals surface area contributed by atoms with Crippen LogP contribution in [0.5, 0.6) is 11.5 Å². The Hall–Kier alpha value is -3.06. The van der Waals surface area contributed by atoms with Crippen LogP contribution < -0.4 is 31.0 Å². The third-order valence-corrected chi connectivity index (χ3v) is 9.81. The predicted octanol–water partition coefficient (Wildman–Crippen LogP) is 12.1. The zero-order chi connectivity index (χ0) is 37.9. The molecule has 2 aromatic carbocycles. The lowest BCUT2D eigenvalue weighted by Crippen LogP contribution is -2.18. The minimum absolute atomic E-state index is 0.0794. The number of anilines is 2. The Morgan fingerprint density at radius 2 is 0.679 bits per heavy atom. The predicted molar refractivity (Wildman–Crippen MR) is 226 cm³/mol. The van der Waals surface area contributed by atoms with Crippen LogP contribution in [-0.2, 0) is 4.74 Å². The second kappa shape index (κ2) is 33.5. The maximum Gasteiger partial charge on any atom is 0.201 e. The summed E-state index contributed by atoms with van der Waals surface area (Å²) in [6, 6.07) is 13.9. The standard InChI is InChI=1S/C46H76N2O5/c1-3-5-7-9-11-13-15-17-19-21-23-25-37-52-41-27-31-43(45(49)33-29-41)47-35-39-51-40-36-48-44-32-28-42(30-34-46(44)50)53-38-26-24-22-20-18-16-14-12-10-8-6-4-2/h27-34H,3-26,35-40H2,1-2H3,(H,47,49)(H,48,50). The largest absolute Gasteiger partial charge is 0.494 e. The van der Waals surface area contributed by atoms with E-state index in [-0.39, 0.29) is 10.9 Å². The molecule has 0 aromatic heterocycles. The number of unbranched alkanes of at least 4 members (excludes halogenated alkanes) is 22. The van der Waals surface area contributed by atoms with Crippen molar-refractivity contribution in [1.29, 1.82) is 0 Å². The van der Waals surface area contributed by atoms with Gasteiger partial charge >= 0.3 is 0 Å². The van der Waals surface area contributed by atoms with E-state index in [4.69, 9.17) is 14.2 Å². The molecular weight excluding hydrogens is 661 g/mol. The van der Waals surface area contributed by atoms with E-state index in [0.717, 1.165) is 12.8 Å². The van der Waals surface area contributed by atoms with Crippen LogP contribution in [0, 0.1) is 0 Å². The van der Waals surface area contributed by atoms with Gasteiger partial charge in [-0.3, -0.25) is 9.59 Å². The quantitative estimate of drug-likeness (QED) is 0.0674. The van der Waals surface area contributed by atoms with E-state index in [1.807, 2.05) is 12.1 Å². The third-order valence-electron chi connectivity index (χ3n) is 9.81. The molecule has 2 N–H and O–H groups in total. The Kier molecular flexibility index (Phi) is 29.1. The van der Waals surface area contributed by atoms with Crippen LogP contribution in [0.2, 0.25) is 0 Å². The molecule has 7 heteroatoms. The second-order valence-electron chi connectivity index (χ2n) is 14.6. The minimum Gasteiger partial charge on any atom is -0.494 e. The van der Waals surface area contributed by atoms with E-state index >= 15 is 0 Å². The summed E-state index contributed by atoms with van der Waals surface area (Å²) in [4.78, 5) is 25.1. The summed E-state index contributed by atoms with van der Waals surface area (Å²) >= 11 is 0. The van der Waals surface area contributed by atoms with Crippen molar-refractivity contribution in [3.63, 3.8) is 0 Å². The van der Waals surface area contributed by atoms with Gasteiger partial charge in [-0.15, -0.1) is 0 Å². The fourth-order valence-electron chi connectivity index (χ4n) is 6.47. The second-order valence-corrected chi connectivity index (χ2v) is 14.6. The van der Waals surface area contributed by atoms with Gasteiger partial charge in [0.25, 0.3) is 0 Å². The van der Waals surface area contributed by atoms with E-state index in [9.17, 15) is 9.59 Å². The van der Waals surface area contributed by atoms with Crippen molar-refractivity contribution in [3.8, 4) is 11.5 Å². The smallest absolute Gasteiger partial charge is 0.201 e. The summed E-state index contributed by atoms with van der Waals surface area (Å²) in [6.07, 6.45) is 31.6. The van der Waals surface area contributed by atoms with E-state index in [2.05, 4.69) is 24.5 Å². The highest BCUT2D eigenvalue weighted by Gasteiger charge is 2.02. The van der Waals surface area contributed by atoms with Gasteiger partial charge < -0.3 is 24.8 Å². The molecule has 7 nitrogen and oxygen atoms in total. The number of hydrogen-bond acceptors (Lipinski definition) is 7. The molecule has 0 amide bonds. The summed E-state index contributed by atoms with van der Waals surface area (Å²) < 4.78 is 17.6. The minimum atomic E-state index is -0.0794. The van der Waals surface area contributed by atoms with Crippen molar-refractivity contribution in [2.45, 2.75) is 168 Å². The number of rotatable bonds is 36. The summed E-state index contributed by atoms with van der Waals surface area (Å²) in [5.74, 6) is 1.43. The van der Waals surface area contributed by atoms with Gasteiger partial charge in [0.1, 0.15) is 11.5 Å². The molecule has 0 fully saturated rings. The first kappa shape index (κ1) is 46.1. The molecule has 0 aliphatic carbocycles. The molecule has 0 heterocycles. The van der Waals surface area contributed by atoms with E-state index in [0.29, 0.717) is 62.4 Å². The molecule has 2 aromatic rings. The molecule has 0 unspecified atom stereocenters. The Balaban J connectivity index is 1.50. The van der Waals surface area contributed by atoms with Gasteiger partial charge in [0.2, 0.25) is 10.9 Å². The monoisotopic (exact) mass is 737 g/mol. The maximum absolute atomic E-state index is 12.5. The average molecular weight is 737 g/mol. The maximum atomic E-state index is 12.5. The van der Waals surface area contributed by atoms with Crippen LogP contribution in [0.1, 0.15) is 168 Å². The normalized spacial score (nSPS) is 11.1. The van der Waals surface area contributed by atoms with Crippen LogP contribution in [0.3, 0.4) is 0 Å². The van der Waals surface area contributed by atoms with Crippen molar-refractivity contribution in [1.82, 2.24) is 0 Å². The summed E-state index contributed by atoms with van der Waals surface area (Å²) in [5, 5.41) is 6.35. The molecule has 0 saturated carbocycles. The summed E-state index contributed by atoms with van der Waals surface area (Å²) in [5.41, 5.74) is 0.890. The molecule has 0 radical (unpaired) electrons. The number of ether oxygens (including phenoxy) is 3. The molecule has 0 atom stereocenters. The van der Waals surface area contributed by atoms with Crippen LogP contribution >= 0.6 is 0 Å². The van der Waals surface area contributed by atoms with Crippen molar-refractivity contribution >= 4 is 11.4 Å². The molecule has 0 aliphatic rings. The van der Waals surface area contributed by atoms with Gasteiger partial charge in [-0.1, -0.05) is 155 Å². The molecular formula is C46H76N2O5. The van der Waals surface area contributed by atoms with E-state index in [1.54, 1.807) is 36.4 Å². The fraction of sp³-hybridized carbons (Fsp3) is 0.696. The lowest BCUT2D eigenvalue weighted by atomic mass is 10.1. The summed E-state index contributed by atoms with van der Waals surface area (Å²) in [6.45, 7) is 7.76. The van der Waals surface area contributed by atoms with E-state index in [1.165, 1.54) is 141 Å². The Labute approximate surface area is 323 Å². The van der Waals surface area contributed by atoms with Gasteiger partial charge in [-0.05, 0) is 61.4 Å². The molecule has 2 rings (SSSR count). The van der Waals surface area contributed by atoms with Gasteiger partial charge in [0, 0.05) is 13.1 Å². The Morgan fingerprint density at radius 3 is 1.02 bits per heavy atom. The number of nitrogens with one attached hydrogen (secondary N) is 2. The van der Waals surface area contributed by atoms with E-state index < -0.39 is 0 Å². The fourth-order valence-corrected chi connectivity index (χ4v) is 6.47. The molecule has 0 saturated heterocycles. The zero-order valence-electron chi connectivity index (χ0n) is 33.9. The van der Waals surface area contributed by atoms with Crippen molar-refractivity contribution < 1.29 is 14.2 Å². The topological polar surface area (TPSA) is 85.9 Å². The van der Waals surface area contributed by atoms with Crippen LogP contribution in [0.25, 0.3) is 0 Å². The molecule has 300 valence electrons. The van der Waals surface area contributed by atoms with Crippen LogP contribution in [-0.4, -0.2) is 39.5 Å². The van der Waals surface area contributed by atoms with Crippen molar-refractivity contribution in [2.75, 3.05) is 50.2 Å². The zero-order valence-corrected chi connectivity index (χ0v) is 33.9. The van der Waals surface area contributed by atoms with Gasteiger partial charge in [-0.2, -0.15) is 0 Å². The van der Waals surface area contributed by atoms with Crippen LogP contribution in [0.15, 0.2) is 58.1 Å². The SMILES string of the molecule is CCCCCCCCCCCCCCOc1ccc(NCCOCCNc2ccc(OCCCCCCCCCCCCCC)ccc2=O)c(=O)cc1. The third kappa shape index (κ3) is 25.6. The first-order valence-corrected chi connectivity index (χ1v) is 21.7. The molecule has 0 bridgehead atoms. The highest BCUT2D eigenvalue weighted by atomic mass is 16.5. The highest BCUT2D eigenvalue weighted by molar-refractivity contribution is 5.45. The van der Waals surface area contributed by atoms with Crippen LogP contribution in [0.4, 0.5) is 11.4 Å². The Morgan fingerprint density at radius 1 is 0.377 bits per heavy atom. The summed E-state index contributed by atoms with van der Waals surface area (Å²) in [7, 11) is 0. The Bertz CT molecular complexity index is 1180. The van der Waals surface area contributed by atoms with Gasteiger partial charge in [0.05, 0.1) is 37.8 Å². The highest BCUT2D eigenvalue weighted by Crippen LogP contribution is 2.15. The molecule has 0 aliphatic heterocycles.